The lowest BCUT2D eigenvalue weighted by atomic mass is 10.0. The summed E-state index contributed by atoms with van der Waals surface area (Å²) in [7, 11) is 0. The first-order chi connectivity index (χ1) is 14.7. The molecule has 8 nitrogen and oxygen atoms in total. The maximum absolute atomic E-state index is 12.6. The van der Waals surface area contributed by atoms with Crippen LogP contribution in [0.2, 0.25) is 0 Å². The first-order valence-corrected chi connectivity index (χ1v) is 9.99. The summed E-state index contributed by atoms with van der Waals surface area (Å²) in [4.78, 5) is 36.2. The third-order valence-electron chi connectivity index (χ3n) is 4.43. The molecular weight excluding hydrogens is 396 g/mol. The van der Waals surface area contributed by atoms with Crippen molar-refractivity contribution in [2.45, 2.75) is 38.8 Å². The summed E-state index contributed by atoms with van der Waals surface area (Å²) in [6.45, 7) is 4.79. The highest BCUT2D eigenvalue weighted by atomic mass is 16.5. The molecule has 0 bridgehead atoms. The van der Waals surface area contributed by atoms with Gasteiger partial charge in [0.25, 0.3) is 5.91 Å². The van der Waals surface area contributed by atoms with Gasteiger partial charge in [-0.1, -0.05) is 48.5 Å². The molecule has 1 heterocycles. The van der Waals surface area contributed by atoms with E-state index in [2.05, 4.69) is 15.7 Å². The summed E-state index contributed by atoms with van der Waals surface area (Å²) in [5.74, 6) is -1.40. The number of benzene rings is 2. The molecule has 0 spiro atoms. The fourth-order valence-electron chi connectivity index (χ4n) is 3.14. The minimum Gasteiger partial charge on any atom is -0.451 e. The van der Waals surface area contributed by atoms with E-state index in [0.717, 1.165) is 11.3 Å². The fourth-order valence-corrected chi connectivity index (χ4v) is 3.14. The lowest BCUT2D eigenvalue weighted by molar-refractivity contribution is -0.141. The average Bonchev–Trinajstić information content (AvgIpc) is 3.17. The molecule has 1 aliphatic rings. The van der Waals surface area contributed by atoms with E-state index in [-0.39, 0.29) is 11.8 Å². The zero-order valence-corrected chi connectivity index (χ0v) is 17.8. The minimum atomic E-state index is -0.715. The number of para-hydroxylation sites is 1. The molecule has 3 amide bonds. The molecule has 2 aromatic carbocycles. The lowest BCUT2D eigenvalue weighted by Crippen LogP contribution is -2.49. The molecule has 3 rings (SSSR count). The average molecular weight is 422 g/mol. The van der Waals surface area contributed by atoms with E-state index in [4.69, 9.17) is 4.74 Å². The number of imide groups is 1. The summed E-state index contributed by atoms with van der Waals surface area (Å²) >= 11 is 0. The molecule has 1 aliphatic heterocycles. The molecule has 0 saturated carbocycles. The number of ether oxygens (including phenoxy) is 1. The number of nitrogens with one attached hydrogen (secondary N) is 2. The quantitative estimate of drug-likeness (QED) is 0.721. The Hall–Kier alpha value is -3.68. The first-order valence-electron chi connectivity index (χ1n) is 9.99. The van der Waals surface area contributed by atoms with Gasteiger partial charge in [0.1, 0.15) is 5.71 Å². The zero-order chi connectivity index (χ0) is 22.4. The molecule has 0 aromatic heterocycles. The van der Waals surface area contributed by atoms with Gasteiger partial charge in [0.05, 0.1) is 11.7 Å². The topological polar surface area (TPSA) is 100 Å². The molecule has 0 fully saturated rings. The van der Waals surface area contributed by atoms with Gasteiger partial charge in [-0.2, -0.15) is 5.10 Å². The number of hydrazone groups is 1. The van der Waals surface area contributed by atoms with Gasteiger partial charge in [-0.3, -0.25) is 15.1 Å². The SMILES string of the molecule is CC(C)(C)NC(=O)NC(=O)COC(=O)C1=NN(c2ccccc2)C(c2ccccc2)C1. The molecular formula is C23H26N4O4. The Morgan fingerprint density at radius 1 is 1.03 bits per heavy atom. The summed E-state index contributed by atoms with van der Waals surface area (Å²) in [6, 6.07) is 18.5. The van der Waals surface area contributed by atoms with E-state index in [1.165, 1.54) is 0 Å². The number of rotatable bonds is 5. The number of carbonyl (C=O) groups is 3. The molecule has 2 aromatic rings. The summed E-state index contributed by atoms with van der Waals surface area (Å²) in [5, 5.41) is 11.0. The van der Waals surface area contributed by atoms with Crippen LogP contribution in [0.5, 0.6) is 0 Å². The van der Waals surface area contributed by atoms with Gasteiger partial charge in [-0.25, -0.2) is 9.59 Å². The number of nitrogens with zero attached hydrogens (tertiary/aromatic N) is 2. The number of amides is 3. The number of anilines is 1. The maximum Gasteiger partial charge on any atom is 0.355 e. The van der Waals surface area contributed by atoms with Gasteiger partial charge in [0, 0.05) is 12.0 Å². The van der Waals surface area contributed by atoms with Crippen molar-refractivity contribution in [3.63, 3.8) is 0 Å². The van der Waals surface area contributed by atoms with Gasteiger partial charge in [0.2, 0.25) is 0 Å². The van der Waals surface area contributed by atoms with Crippen LogP contribution >= 0.6 is 0 Å². The highest BCUT2D eigenvalue weighted by Crippen LogP contribution is 2.35. The van der Waals surface area contributed by atoms with Gasteiger partial charge in [0.15, 0.2) is 6.61 Å². The van der Waals surface area contributed by atoms with Crippen LogP contribution < -0.4 is 15.6 Å². The van der Waals surface area contributed by atoms with E-state index >= 15 is 0 Å². The van der Waals surface area contributed by atoms with Crippen LogP contribution in [0.4, 0.5) is 10.5 Å². The highest BCUT2D eigenvalue weighted by Gasteiger charge is 2.33. The van der Waals surface area contributed by atoms with Crippen molar-refractivity contribution < 1.29 is 19.1 Å². The van der Waals surface area contributed by atoms with Crippen LogP contribution in [0.1, 0.15) is 38.8 Å². The van der Waals surface area contributed by atoms with Crippen LogP contribution in [-0.2, 0) is 14.3 Å². The summed E-state index contributed by atoms with van der Waals surface area (Å²) in [6.07, 6.45) is 0.337. The molecule has 162 valence electrons. The molecule has 0 saturated heterocycles. The van der Waals surface area contributed by atoms with Crippen LogP contribution in [0.25, 0.3) is 0 Å². The Balaban J connectivity index is 1.65. The number of urea groups is 1. The molecule has 2 N–H and O–H groups in total. The number of esters is 1. The zero-order valence-electron chi connectivity index (χ0n) is 17.8. The maximum atomic E-state index is 12.6. The van der Waals surface area contributed by atoms with Crippen molar-refractivity contribution in [1.29, 1.82) is 0 Å². The molecule has 8 heteroatoms. The second kappa shape index (κ2) is 9.42. The second-order valence-electron chi connectivity index (χ2n) is 8.19. The van der Waals surface area contributed by atoms with Gasteiger partial charge in [-0.15, -0.1) is 0 Å². The molecule has 0 aliphatic carbocycles. The normalized spacial score (nSPS) is 15.8. The summed E-state index contributed by atoms with van der Waals surface area (Å²) in [5.41, 5.74) is 1.57. The molecule has 31 heavy (non-hydrogen) atoms. The first kappa shape index (κ1) is 22.0. The van der Waals surface area contributed by atoms with E-state index in [9.17, 15) is 14.4 Å². The number of carbonyl (C=O) groups excluding carboxylic acids is 3. The summed E-state index contributed by atoms with van der Waals surface area (Å²) < 4.78 is 5.10. The Bertz CT molecular complexity index is 968. The fraction of sp³-hybridized carbons (Fsp3) is 0.304. The molecule has 1 unspecified atom stereocenters. The van der Waals surface area contributed by atoms with Crippen molar-refractivity contribution in [3.8, 4) is 0 Å². The van der Waals surface area contributed by atoms with Gasteiger partial charge < -0.3 is 10.1 Å². The smallest absolute Gasteiger partial charge is 0.355 e. The van der Waals surface area contributed by atoms with Crippen LogP contribution in [-0.4, -0.2) is 35.8 Å². The Kier molecular flexibility index (Phi) is 6.69. The van der Waals surface area contributed by atoms with Crippen LogP contribution in [0.15, 0.2) is 65.8 Å². The Morgan fingerprint density at radius 3 is 2.26 bits per heavy atom. The monoisotopic (exact) mass is 422 g/mol. The van der Waals surface area contributed by atoms with Crippen molar-refractivity contribution >= 4 is 29.3 Å². The van der Waals surface area contributed by atoms with Crippen LogP contribution in [0, 0.1) is 0 Å². The van der Waals surface area contributed by atoms with Crippen LogP contribution in [0.3, 0.4) is 0 Å². The minimum absolute atomic E-state index is 0.169. The van der Waals surface area contributed by atoms with E-state index in [1.807, 2.05) is 60.7 Å². The predicted molar refractivity (Wildman–Crippen MR) is 118 cm³/mol. The van der Waals surface area contributed by atoms with Gasteiger partial charge >= 0.3 is 12.0 Å². The number of hydrogen-bond acceptors (Lipinski definition) is 6. The Morgan fingerprint density at radius 2 is 1.65 bits per heavy atom. The molecule has 1 atom stereocenters. The second-order valence-corrected chi connectivity index (χ2v) is 8.19. The van der Waals surface area contributed by atoms with E-state index in [1.54, 1.807) is 25.8 Å². The largest absolute Gasteiger partial charge is 0.451 e. The van der Waals surface area contributed by atoms with Crippen molar-refractivity contribution in [1.82, 2.24) is 10.6 Å². The number of hydrogen-bond donors (Lipinski definition) is 2. The van der Waals surface area contributed by atoms with E-state index < -0.39 is 30.1 Å². The van der Waals surface area contributed by atoms with E-state index in [0.29, 0.717) is 6.42 Å². The van der Waals surface area contributed by atoms with Gasteiger partial charge in [-0.05, 0) is 38.5 Å². The van der Waals surface area contributed by atoms with Crippen molar-refractivity contribution in [2.75, 3.05) is 11.6 Å². The third kappa shape index (κ3) is 6.15. The highest BCUT2D eigenvalue weighted by molar-refractivity contribution is 6.37. The van der Waals surface area contributed by atoms with Crippen molar-refractivity contribution in [3.05, 3.63) is 66.2 Å². The predicted octanol–water partition coefficient (Wildman–Crippen LogP) is 3.16. The Labute approximate surface area is 181 Å². The standard InChI is InChI=1S/C23H26N4O4/c1-23(2,3)25-22(30)24-20(28)15-31-21(29)18-14-19(16-10-6-4-7-11-16)27(26-18)17-12-8-5-9-13-17/h4-13,19H,14-15H2,1-3H3,(H2,24,25,28,30). The lowest BCUT2D eigenvalue weighted by Gasteiger charge is -2.23. The molecule has 0 radical (unpaired) electrons. The third-order valence-corrected chi connectivity index (χ3v) is 4.43. The van der Waals surface area contributed by atoms with Crippen molar-refractivity contribution in [2.24, 2.45) is 5.10 Å².